The van der Waals surface area contributed by atoms with Gasteiger partial charge in [-0.1, -0.05) is 18.2 Å². The first-order valence-corrected chi connectivity index (χ1v) is 8.60. The standard InChI is InChI=1S/C19H16N2O4S/c1-24-16-8-3-2-7-14(16)20-18(22)15(12-13-6-4-10-25-13)21-19(23)17-9-5-11-26-17/h2-12H,1H3,(H,20,22)(H,21,23)/b15-12-. The maximum absolute atomic E-state index is 12.7. The Hall–Kier alpha value is -3.32. The highest BCUT2D eigenvalue weighted by molar-refractivity contribution is 7.12. The highest BCUT2D eigenvalue weighted by Crippen LogP contribution is 2.23. The van der Waals surface area contributed by atoms with Gasteiger partial charge in [0.15, 0.2) is 0 Å². The summed E-state index contributed by atoms with van der Waals surface area (Å²) in [6.45, 7) is 0. The topological polar surface area (TPSA) is 80.6 Å². The minimum absolute atomic E-state index is 0.0595. The van der Waals surface area contributed by atoms with Gasteiger partial charge in [0, 0.05) is 6.08 Å². The quantitative estimate of drug-likeness (QED) is 0.649. The number of rotatable bonds is 6. The van der Waals surface area contributed by atoms with Crippen LogP contribution in [0.3, 0.4) is 0 Å². The average Bonchev–Trinajstić information content (AvgIpc) is 3.35. The number of amides is 2. The second-order valence-electron chi connectivity index (χ2n) is 5.16. The van der Waals surface area contributed by atoms with Gasteiger partial charge in [0.1, 0.15) is 17.2 Å². The summed E-state index contributed by atoms with van der Waals surface area (Å²) < 4.78 is 10.5. The van der Waals surface area contributed by atoms with E-state index in [4.69, 9.17) is 9.15 Å². The normalized spacial score (nSPS) is 11.0. The van der Waals surface area contributed by atoms with Crippen LogP contribution in [-0.2, 0) is 4.79 Å². The van der Waals surface area contributed by atoms with Crippen molar-refractivity contribution >= 4 is 34.9 Å². The molecule has 1 aromatic carbocycles. The zero-order valence-electron chi connectivity index (χ0n) is 13.9. The molecule has 0 saturated heterocycles. The summed E-state index contributed by atoms with van der Waals surface area (Å²) in [6.07, 6.45) is 2.96. The third-order valence-corrected chi connectivity index (χ3v) is 4.29. The van der Waals surface area contributed by atoms with Crippen LogP contribution in [0.2, 0.25) is 0 Å². The van der Waals surface area contributed by atoms with Crippen LogP contribution in [0.5, 0.6) is 5.75 Å². The number of anilines is 1. The highest BCUT2D eigenvalue weighted by atomic mass is 32.1. The maximum Gasteiger partial charge on any atom is 0.272 e. The van der Waals surface area contributed by atoms with Gasteiger partial charge in [-0.3, -0.25) is 9.59 Å². The number of methoxy groups -OCH3 is 1. The molecule has 0 aliphatic carbocycles. The number of ether oxygens (including phenoxy) is 1. The fourth-order valence-corrected chi connectivity index (χ4v) is 2.82. The van der Waals surface area contributed by atoms with E-state index in [2.05, 4.69) is 10.6 Å². The molecule has 0 radical (unpaired) electrons. The largest absolute Gasteiger partial charge is 0.495 e. The van der Waals surface area contributed by atoms with Crippen LogP contribution >= 0.6 is 11.3 Å². The molecule has 0 spiro atoms. The van der Waals surface area contributed by atoms with Gasteiger partial charge in [0.2, 0.25) is 0 Å². The van der Waals surface area contributed by atoms with Crippen molar-refractivity contribution in [2.75, 3.05) is 12.4 Å². The van der Waals surface area contributed by atoms with Crippen molar-refractivity contribution in [3.8, 4) is 5.75 Å². The Kier molecular flexibility index (Phi) is 5.50. The predicted molar refractivity (Wildman–Crippen MR) is 100 cm³/mol. The van der Waals surface area contributed by atoms with E-state index in [1.54, 1.807) is 53.9 Å². The molecular formula is C19H16N2O4S. The van der Waals surface area contributed by atoms with Gasteiger partial charge in [0.25, 0.3) is 11.8 Å². The van der Waals surface area contributed by atoms with Gasteiger partial charge in [-0.25, -0.2) is 0 Å². The number of furan rings is 1. The summed E-state index contributed by atoms with van der Waals surface area (Å²) in [4.78, 5) is 25.6. The fraction of sp³-hybridized carbons (Fsp3) is 0.0526. The molecule has 2 amide bonds. The minimum atomic E-state index is -0.490. The Morgan fingerprint density at radius 1 is 1.12 bits per heavy atom. The second kappa shape index (κ2) is 8.17. The molecule has 0 fully saturated rings. The first-order chi connectivity index (χ1) is 12.7. The van der Waals surface area contributed by atoms with Crippen LogP contribution in [0.15, 0.2) is 70.3 Å². The number of para-hydroxylation sites is 2. The van der Waals surface area contributed by atoms with E-state index in [-0.39, 0.29) is 11.6 Å². The summed E-state index contributed by atoms with van der Waals surface area (Å²) in [5.41, 5.74) is 0.556. The van der Waals surface area contributed by atoms with Crippen molar-refractivity contribution in [2.45, 2.75) is 0 Å². The molecule has 2 aromatic heterocycles. The monoisotopic (exact) mass is 368 g/mol. The predicted octanol–water partition coefficient (Wildman–Crippen LogP) is 3.76. The second-order valence-corrected chi connectivity index (χ2v) is 6.11. The van der Waals surface area contributed by atoms with E-state index >= 15 is 0 Å². The molecular weight excluding hydrogens is 352 g/mol. The molecule has 2 heterocycles. The molecule has 26 heavy (non-hydrogen) atoms. The SMILES string of the molecule is COc1ccccc1NC(=O)/C(=C/c1ccco1)NC(=O)c1cccs1. The zero-order chi connectivity index (χ0) is 18.4. The molecule has 0 bridgehead atoms. The third kappa shape index (κ3) is 4.20. The molecule has 3 rings (SSSR count). The lowest BCUT2D eigenvalue weighted by molar-refractivity contribution is -0.113. The van der Waals surface area contributed by atoms with Crippen molar-refractivity contribution in [3.05, 3.63) is 76.5 Å². The van der Waals surface area contributed by atoms with Gasteiger partial charge in [-0.15, -0.1) is 11.3 Å². The van der Waals surface area contributed by atoms with Gasteiger partial charge in [0.05, 0.1) is 23.9 Å². The van der Waals surface area contributed by atoms with Gasteiger partial charge in [-0.05, 0) is 35.7 Å². The van der Waals surface area contributed by atoms with Crippen molar-refractivity contribution in [1.29, 1.82) is 0 Å². The molecule has 6 nitrogen and oxygen atoms in total. The van der Waals surface area contributed by atoms with Crippen LogP contribution in [0.1, 0.15) is 15.4 Å². The minimum Gasteiger partial charge on any atom is -0.495 e. The van der Waals surface area contributed by atoms with Crippen molar-refractivity contribution in [3.63, 3.8) is 0 Å². The van der Waals surface area contributed by atoms with E-state index in [1.807, 2.05) is 0 Å². The summed E-state index contributed by atoms with van der Waals surface area (Å²) >= 11 is 1.29. The van der Waals surface area contributed by atoms with Crippen LogP contribution in [0.25, 0.3) is 6.08 Å². The van der Waals surface area contributed by atoms with Crippen LogP contribution in [-0.4, -0.2) is 18.9 Å². The lowest BCUT2D eigenvalue weighted by Crippen LogP contribution is -2.30. The Balaban J connectivity index is 1.85. The Bertz CT molecular complexity index is 915. The van der Waals surface area contributed by atoms with Crippen LogP contribution in [0, 0.1) is 0 Å². The molecule has 0 aliphatic heterocycles. The Morgan fingerprint density at radius 3 is 2.65 bits per heavy atom. The van der Waals surface area contributed by atoms with E-state index in [9.17, 15) is 9.59 Å². The first kappa shape index (κ1) is 17.5. The number of hydrogen-bond donors (Lipinski definition) is 2. The molecule has 2 N–H and O–H groups in total. The molecule has 3 aromatic rings. The third-order valence-electron chi connectivity index (χ3n) is 3.42. The fourth-order valence-electron chi connectivity index (χ4n) is 2.20. The maximum atomic E-state index is 12.7. The van der Waals surface area contributed by atoms with Crippen LogP contribution < -0.4 is 15.4 Å². The first-order valence-electron chi connectivity index (χ1n) is 7.72. The van der Waals surface area contributed by atoms with E-state index < -0.39 is 5.91 Å². The highest BCUT2D eigenvalue weighted by Gasteiger charge is 2.17. The number of hydrogen-bond acceptors (Lipinski definition) is 5. The van der Waals surface area contributed by atoms with Gasteiger partial charge < -0.3 is 19.8 Å². The van der Waals surface area contributed by atoms with E-state index in [1.165, 1.54) is 30.8 Å². The molecule has 0 unspecified atom stereocenters. The molecule has 7 heteroatoms. The summed E-state index contributed by atoms with van der Waals surface area (Å²) in [5, 5.41) is 7.17. The zero-order valence-corrected chi connectivity index (χ0v) is 14.7. The van der Waals surface area contributed by atoms with Crippen molar-refractivity contribution in [1.82, 2.24) is 5.32 Å². The van der Waals surface area contributed by atoms with Crippen LogP contribution in [0.4, 0.5) is 5.69 Å². The smallest absolute Gasteiger partial charge is 0.272 e. The van der Waals surface area contributed by atoms with E-state index in [0.717, 1.165) is 0 Å². The van der Waals surface area contributed by atoms with E-state index in [0.29, 0.717) is 22.1 Å². The van der Waals surface area contributed by atoms with Gasteiger partial charge >= 0.3 is 0 Å². The number of nitrogens with one attached hydrogen (secondary N) is 2. The number of benzene rings is 1. The molecule has 0 saturated carbocycles. The number of carbonyl (C=O) groups excluding carboxylic acids is 2. The molecule has 132 valence electrons. The molecule has 0 atom stereocenters. The Morgan fingerprint density at radius 2 is 1.96 bits per heavy atom. The lowest BCUT2D eigenvalue weighted by atomic mass is 10.2. The summed E-state index contributed by atoms with van der Waals surface area (Å²) in [7, 11) is 1.52. The lowest BCUT2D eigenvalue weighted by Gasteiger charge is -2.12. The summed E-state index contributed by atoms with van der Waals surface area (Å²) in [6, 6.07) is 13.9. The summed E-state index contributed by atoms with van der Waals surface area (Å²) in [5.74, 6) is 0.105. The van der Waals surface area contributed by atoms with Crippen molar-refractivity contribution < 1.29 is 18.7 Å². The Labute approximate surface area is 154 Å². The van der Waals surface area contributed by atoms with Gasteiger partial charge in [-0.2, -0.15) is 0 Å². The molecule has 0 aliphatic rings. The number of carbonyl (C=O) groups is 2. The van der Waals surface area contributed by atoms with Crippen molar-refractivity contribution in [2.24, 2.45) is 0 Å². The average molecular weight is 368 g/mol. The number of thiophene rings is 1.